The Bertz CT molecular complexity index is 581. The van der Waals surface area contributed by atoms with E-state index in [0.717, 1.165) is 10.4 Å². The minimum Gasteiger partial charge on any atom is -0.456 e. The van der Waals surface area contributed by atoms with Gasteiger partial charge in [0.05, 0.1) is 6.04 Å². The van der Waals surface area contributed by atoms with Crippen LogP contribution in [0.2, 0.25) is 0 Å². The average molecular weight is 303 g/mol. The van der Waals surface area contributed by atoms with Crippen molar-refractivity contribution in [2.75, 3.05) is 6.61 Å². The van der Waals surface area contributed by atoms with Crippen molar-refractivity contribution in [2.24, 2.45) is 0 Å². The largest absolute Gasteiger partial charge is 0.456 e. The second-order valence-electron chi connectivity index (χ2n) is 4.44. The van der Waals surface area contributed by atoms with E-state index in [-0.39, 0.29) is 30.9 Å². The Hall–Kier alpha value is -2.14. The molecule has 110 valence electrons. The maximum Gasteiger partial charge on any atom is 0.306 e. The Kier molecular flexibility index (Phi) is 5.51. The van der Waals surface area contributed by atoms with Crippen LogP contribution in [0.3, 0.4) is 0 Å². The van der Waals surface area contributed by atoms with Crippen LogP contribution >= 0.6 is 11.3 Å². The van der Waals surface area contributed by atoms with E-state index in [4.69, 9.17) is 4.74 Å². The predicted octanol–water partition coefficient (Wildman–Crippen LogP) is 2.91. The van der Waals surface area contributed by atoms with E-state index in [2.05, 4.69) is 5.32 Å². The zero-order chi connectivity index (χ0) is 15.1. The smallest absolute Gasteiger partial charge is 0.306 e. The molecule has 1 amide bonds. The molecule has 21 heavy (non-hydrogen) atoms. The number of amides is 1. The summed E-state index contributed by atoms with van der Waals surface area (Å²) in [6.07, 6.45) is 0.264. The molecule has 1 heterocycles. The fourth-order valence-electron chi connectivity index (χ4n) is 1.87. The fourth-order valence-corrected chi connectivity index (χ4v) is 2.67. The Morgan fingerprint density at radius 1 is 1.19 bits per heavy atom. The van der Waals surface area contributed by atoms with E-state index >= 15 is 0 Å². The van der Waals surface area contributed by atoms with Gasteiger partial charge in [-0.25, -0.2) is 0 Å². The first kappa shape index (κ1) is 15.3. The molecule has 2 aromatic rings. The third kappa shape index (κ3) is 4.43. The van der Waals surface area contributed by atoms with Crippen LogP contribution < -0.4 is 5.32 Å². The lowest BCUT2D eigenvalue weighted by atomic mass is 10.1. The Morgan fingerprint density at radius 3 is 2.57 bits per heavy atom. The van der Waals surface area contributed by atoms with Crippen molar-refractivity contribution in [1.29, 1.82) is 0 Å². The van der Waals surface area contributed by atoms with E-state index < -0.39 is 0 Å². The van der Waals surface area contributed by atoms with Gasteiger partial charge >= 0.3 is 5.97 Å². The quantitative estimate of drug-likeness (QED) is 0.835. The van der Waals surface area contributed by atoms with Crippen molar-refractivity contribution in [3.63, 3.8) is 0 Å². The SMILES string of the molecule is CCC(=O)OCC(=O)N[C@@H](c1ccccc1)c1cccs1. The zero-order valence-electron chi connectivity index (χ0n) is 11.7. The first-order valence-electron chi connectivity index (χ1n) is 6.74. The molecule has 0 saturated heterocycles. The number of ether oxygens (including phenoxy) is 1. The van der Waals surface area contributed by atoms with Crippen LogP contribution in [0.4, 0.5) is 0 Å². The topological polar surface area (TPSA) is 55.4 Å². The molecule has 0 saturated carbocycles. The molecule has 0 fully saturated rings. The van der Waals surface area contributed by atoms with Crippen molar-refractivity contribution in [2.45, 2.75) is 19.4 Å². The number of rotatable bonds is 6. The number of esters is 1. The van der Waals surface area contributed by atoms with E-state index in [1.807, 2.05) is 47.8 Å². The molecule has 5 heteroatoms. The van der Waals surface area contributed by atoms with Gasteiger partial charge in [-0.15, -0.1) is 11.3 Å². The number of hydrogen-bond acceptors (Lipinski definition) is 4. The zero-order valence-corrected chi connectivity index (χ0v) is 12.6. The molecule has 0 aliphatic heterocycles. The summed E-state index contributed by atoms with van der Waals surface area (Å²) in [5, 5.41) is 4.88. The lowest BCUT2D eigenvalue weighted by Gasteiger charge is -2.18. The van der Waals surface area contributed by atoms with E-state index in [1.54, 1.807) is 18.3 Å². The van der Waals surface area contributed by atoms with Crippen LogP contribution in [-0.4, -0.2) is 18.5 Å². The second-order valence-corrected chi connectivity index (χ2v) is 5.42. The summed E-state index contributed by atoms with van der Waals surface area (Å²) in [7, 11) is 0. The molecule has 0 radical (unpaired) electrons. The lowest BCUT2D eigenvalue weighted by molar-refractivity contribution is -0.148. The molecule has 0 spiro atoms. The van der Waals surface area contributed by atoms with Gasteiger partial charge < -0.3 is 10.1 Å². The summed E-state index contributed by atoms with van der Waals surface area (Å²) in [6, 6.07) is 13.4. The van der Waals surface area contributed by atoms with Crippen molar-refractivity contribution >= 4 is 23.2 Å². The summed E-state index contributed by atoms with van der Waals surface area (Å²) in [4.78, 5) is 24.1. The molecule has 0 bridgehead atoms. The van der Waals surface area contributed by atoms with Crippen molar-refractivity contribution in [1.82, 2.24) is 5.32 Å². The third-order valence-electron chi connectivity index (χ3n) is 2.92. The first-order chi connectivity index (χ1) is 10.2. The number of benzene rings is 1. The summed E-state index contributed by atoms with van der Waals surface area (Å²) in [5.74, 6) is -0.684. The van der Waals surface area contributed by atoms with Gasteiger partial charge in [0.15, 0.2) is 6.61 Å². The summed E-state index contributed by atoms with van der Waals surface area (Å²) in [6.45, 7) is 1.44. The van der Waals surface area contributed by atoms with Gasteiger partial charge in [0.2, 0.25) is 0 Å². The minimum atomic E-state index is -0.377. The summed E-state index contributed by atoms with van der Waals surface area (Å²) < 4.78 is 4.86. The highest BCUT2D eigenvalue weighted by atomic mass is 32.1. The molecule has 2 rings (SSSR count). The minimum absolute atomic E-state index is 0.223. The molecule has 4 nitrogen and oxygen atoms in total. The second kappa shape index (κ2) is 7.59. The molecule has 0 unspecified atom stereocenters. The molecule has 0 aliphatic rings. The maximum atomic E-state index is 12.0. The summed E-state index contributed by atoms with van der Waals surface area (Å²) >= 11 is 1.57. The Balaban J connectivity index is 2.07. The Labute approximate surface area is 127 Å². The maximum absolute atomic E-state index is 12.0. The molecule has 0 aliphatic carbocycles. The van der Waals surface area contributed by atoms with E-state index in [0.29, 0.717) is 0 Å². The summed E-state index contributed by atoms with van der Waals surface area (Å²) in [5.41, 5.74) is 0.995. The third-order valence-corrected chi connectivity index (χ3v) is 3.86. The van der Waals surface area contributed by atoms with E-state index in [9.17, 15) is 9.59 Å². The van der Waals surface area contributed by atoms with Crippen molar-refractivity contribution in [3.05, 3.63) is 58.3 Å². The van der Waals surface area contributed by atoms with Gasteiger partial charge in [-0.05, 0) is 17.0 Å². The number of nitrogens with one attached hydrogen (secondary N) is 1. The standard InChI is InChI=1S/C16H17NO3S/c1-2-15(19)20-11-14(18)17-16(13-9-6-10-21-13)12-7-4-3-5-8-12/h3-10,16H,2,11H2,1H3,(H,17,18)/t16-/m0/s1. The van der Waals surface area contributed by atoms with Crippen molar-refractivity contribution in [3.8, 4) is 0 Å². The highest BCUT2D eigenvalue weighted by molar-refractivity contribution is 7.10. The van der Waals surface area contributed by atoms with Gasteiger partial charge in [-0.2, -0.15) is 0 Å². The van der Waals surface area contributed by atoms with E-state index in [1.165, 1.54) is 0 Å². The highest BCUT2D eigenvalue weighted by Gasteiger charge is 2.18. The lowest BCUT2D eigenvalue weighted by Crippen LogP contribution is -2.32. The molecule has 1 N–H and O–H groups in total. The number of carbonyl (C=O) groups excluding carboxylic acids is 2. The van der Waals surface area contributed by atoms with Gasteiger partial charge in [0.25, 0.3) is 5.91 Å². The van der Waals surface area contributed by atoms with Crippen LogP contribution in [0, 0.1) is 0 Å². The molecule has 1 aromatic carbocycles. The van der Waals surface area contributed by atoms with Crippen LogP contribution in [0.1, 0.15) is 29.8 Å². The van der Waals surface area contributed by atoms with Gasteiger partial charge in [-0.3, -0.25) is 9.59 Å². The number of hydrogen-bond donors (Lipinski definition) is 1. The highest BCUT2D eigenvalue weighted by Crippen LogP contribution is 2.25. The van der Waals surface area contributed by atoms with Crippen LogP contribution in [0.15, 0.2) is 47.8 Å². The number of thiophene rings is 1. The van der Waals surface area contributed by atoms with Gasteiger partial charge in [-0.1, -0.05) is 43.3 Å². The molecular weight excluding hydrogens is 286 g/mol. The van der Waals surface area contributed by atoms with Gasteiger partial charge in [0.1, 0.15) is 0 Å². The number of carbonyl (C=O) groups is 2. The molecule has 1 aromatic heterocycles. The normalized spacial score (nSPS) is 11.7. The predicted molar refractivity (Wildman–Crippen MR) is 82.0 cm³/mol. The molecule has 1 atom stereocenters. The Morgan fingerprint density at radius 2 is 1.95 bits per heavy atom. The monoisotopic (exact) mass is 303 g/mol. The fraction of sp³-hybridized carbons (Fsp3) is 0.250. The van der Waals surface area contributed by atoms with Crippen LogP contribution in [0.5, 0.6) is 0 Å². The van der Waals surface area contributed by atoms with Gasteiger partial charge in [0, 0.05) is 11.3 Å². The molecular formula is C16H17NO3S. The van der Waals surface area contributed by atoms with Crippen LogP contribution in [0.25, 0.3) is 0 Å². The average Bonchev–Trinajstić information content (AvgIpc) is 3.05. The first-order valence-corrected chi connectivity index (χ1v) is 7.62. The van der Waals surface area contributed by atoms with Crippen molar-refractivity contribution < 1.29 is 14.3 Å². The van der Waals surface area contributed by atoms with Crippen LogP contribution in [-0.2, 0) is 14.3 Å².